The van der Waals surface area contributed by atoms with Gasteiger partial charge < -0.3 is 4.18 Å². The van der Waals surface area contributed by atoms with Crippen molar-refractivity contribution in [2.45, 2.75) is 6.92 Å². The van der Waals surface area contributed by atoms with Crippen LogP contribution in [0.2, 0.25) is 0 Å². The Bertz CT molecular complexity index is 74.9. The molecule has 0 N–H and O–H groups in total. The molecule has 0 aliphatic rings. The van der Waals surface area contributed by atoms with E-state index in [4.69, 9.17) is 0 Å². The van der Waals surface area contributed by atoms with Crippen molar-refractivity contribution >= 4 is 38.9 Å². The maximum Gasteiger partial charge on any atom is 0.283 e. The first-order valence-corrected chi connectivity index (χ1v) is 4.57. The highest BCUT2D eigenvalue weighted by atomic mass is 33.1. The molecule has 0 aromatic heterocycles. The van der Waals surface area contributed by atoms with Crippen LogP contribution in [0.3, 0.4) is 0 Å². The monoisotopic (exact) mass is 170 g/mol. The predicted molar refractivity (Wildman–Crippen MR) is 41.2 cm³/mol. The van der Waals surface area contributed by atoms with E-state index in [-0.39, 0.29) is 4.45 Å². The van der Waals surface area contributed by atoms with E-state index in [1.807, 2.05) is 6.92 Å². The van der Waals surface area contributed by atoms with Gasteiger partial charge in [0, 0.05) is 0 Å². The molecule has 0 atom stereocenters. The van der Waals surface area contributed by atoms with Crippen molar-refractivity contribution in [1.82, 2.24) is 0 Å². The Morgan fingerprint density at radius 1 is 1.88 bits per heavy atom. The second-order valence-corrected chi connectivity index (χ2v) is 2.96. The first kappa shape index (κ1) is 8.68. The average Bonchev–Trinajstić information content (AvgIpc) is 1.83. The molecule has 0 aromatic rings. The van der Waals surface area contributed by atoms with Gasteiger partial charge in [0.25, 0.3) is 4.45 Å². The van der Waals surface area contributed by atoms with Crippen LogP contribution in [0.1, 0.15) is 6.92 Å². The molecule has 48 valence electrons. The van der Waals surface area contributed by atoms with E-state index in [1.165, 1.54) is 0 Å². The fourth-order valence-electron chi connectivity index (χ4n) is 0.122. The zero-order valence-corrected chi connectivity index (χ0v) is 6.81. The van der Waals surface area contributed by atoms with Gasteiger partial charge >= 0.3 is 0 Å². The van der Waals surface area contributed by atoms with Crippen LogP contribution in [0.4, 0.5) is 4.79 Å². The minimum absolute atomic E-state index is 0.129. The smallest absolute Gasteiger partial charge is 0.283 e. The molecule has 0 saturated carbocycles. The molecule has 0 aliphatic heterocycles. The van der Waals surface area contributed by atoms with Crippen LogP contribution in [0.15, 0.2) is 0 Å². The summed E-state index contributed by atoms with van der Waals surface area (Å²) in [6, 6.07) is 0. The van der Waals surface area contributed by atoms with Crippen molar-refractivity contribution in [3.63, 3.8) is 0 Å². The van der Waals surface area contributed by atoms with Crippen LogP contribution >= 0.6 is 34.5 Å². The number of hydrogen-bond donors (Lipinski definition) is 1. The van der Waals surface area contributed by atoms with E-state index < -0.39 is 0 Å². The van der Waals surface area contributed by atoms with Crippen molar-refractivity contribution < 1.29 is 8.98 Å². The topological polar surface area (TPSA) is 26.3 Å². The van der Waals surface area contributed by atoms with Crippen LogP contribution in [0.25, 0.3) is 0 Å². The van der Waals surface area contributed by atoms with Crippen molar-refractivity contribution in [2.75, 3.05) is 6.61 Å². The molecule has 2 nitrogen and oxygen atoms in total. The van der Waals surface area contributed by atoms with Gasteiger partial charge in [0.15, 0.2) is 0 Å². The highest BCUT2D eigenvalue weighted by molar-refractivity contribution is 8.79. The normalized spacial score (nSPS) is 9.25. The molecule has 0 spiro atoms. The summed E-state index contributed by atoms with van der Waals surface area (Å²) in [4.78, 5) is 10.3. The van der Waals surface area contributed by atoms with Crippen LogP contribution in [0, 0.1) is 0 Å². The minimum atomic E-state index is -0.129. The molecule has 0 radical (unpaired) electrons. The molecule has 0 aromatic carbocycles. The van der Waals surface area contributed by atoms with Crippen LogP contribution in [0.5, 0.6) is 0 Å². The van der Waals surface area contributed by atoms with E-state index in [0.29, 0.717) is 6.61 Å². The number of thiol groups is 1. The summed E-state index contributed by atoms with van der Waals surface area (Å²) in [5.74, 6) is 0. The van der Waals surface area contributed by atoms with Crippen molar-refractivity contribution in [3.05, 3.63) is 0 Å². The highest BCUT2D eigenvalue weighted by Gasteiger charge is 1.97. The Hall–Kier alpha value is 0.680. The number of carbonyl (C=O) groups excluding carboxylic acids is 1. The lowest BCUT2D eigenvalue weighted by molar-refractivity contribution is 0.274. The zero-order chi connectivity index (χ0) is 6.41. The standard InChI is InChI=1S/C3H6O2S3/c1-2-5-7-3(4)8-6/h6H,2H2,1H3. The Labute approximate surface area is 61.8 Å². The lowest BCUT2D eigenvalue weighted by Gasteiger charge is -1.91. The molecule has 0 saturated heterocycles. The first-order chi connectivity index (χ1) is 3.81. The van der Waals surface area contributed by atoms with Crippen LogP contribution in [-0.2, 0) is 4.18 Å². The van der Waals surface area contributed by atoms with Gasteiger partial charge in [0.1, 0.15) is 0 Å². The third-order valence-electron chi connectivity index (χ3n) is 0.319. The molecule has 0 fully saturated rings. The third kappa shape index (κ3) is 4.83. The molecule has 0 heterocycles. The zero-order valence-electron chi connectivity index (χ0n) is 4.29. The van der Waals surface area contributed by atoms with Gasteiger partial charge in [-0.3, -0.25) is 4.79 Å². The van der Waals surface area contributed by atoms with Gasteiger partial charge in [-0.1, -0.05) is 0 Å². The SMILES string of the molecule is CCOSC(=O)SS. The summed E-state index contributed by atoms with van der Waals surface area (Å²) >= 11 is 4.48. The van der Waals surface area contributed by atoms with Gasteiger partial charge in [-0.05, 0) is 17.7 Å². The summed E-state index contributed by atoms with van der Waals surface area (Å²) in [5, 5.41) is 0. The minimum Gasteiger partial charge on any atom is -0.308 e. The summed E-state index contributed by atoms with van der Waals surface area (Å²) in [6.45, 7) is 2.37. The largest absolute Gasteiger partial charge is 0.308 e. The molecule has 0 rings (SSSR count). The van der Waals surface area contributed by atoms with Crippen molar-refractivity contribution in [3.8, 4) is 0 Å². The Morgan fingerprint density at radius 2 is 2.50 bits per heavy atom. The van der Waals surface area contributed by atoms with Crippen molar-refractivity contribution in [1.29, 1.82) is 0 Å². The molecule has 0 amide bonds. The van der Waals surface area contributed by atoms with E-state index in [2.05, 4.69) is 15.8 Å². The number of rotatable bonds is 2. The lowest BCUT2D eigenvalue weighted by Crippen LogP contribution is -1.80. The Balaban J connectivity index is 2.99. The second kappa shape index (κ2) is 5.81. The number of carbonyl (C=O) groups is 1. The van der Waals surface area contributed by atoms with Gasteiger partial charge in [-0.2, -0.15) is 0 Å². The van der Waals surface area contributed by atoms with E-state index in [9.17, 15) is 4.79 Å². The molecular weight excluding hydrogens is 164 g/mol. The third-order valence-corrected chi connectivity index (χ3v) is 2.28. The number of hydrogen-bond acceptors (Lipinski definition) is 5. The van der Waals surface area contributed by atoms with E-state index >= 15 is 0 Å². The van der Waals surface area contributed by atoms with Crippen molar-refractivity contribution in [2.24, 2.45) is 0 Å². The summed E-state index contributed by atoms with van der Waals surface area (Å²) in [7, 11) is 0.858. The summed E-state index contributed by atoms with van der Waals surface area (Å²) < 4.78 is 4.55. The van der Waals surface area contributed by atoms with Crippen LogP contribution < -0.4 is 0 Å². The average molecular weight is 170 g/mol. The quantitative estimate of drug-likeness (QED) is 0.391. The molecule has 0 bridgehead atoms. The molecule has 0 unspecified atom stereocenters. The second-order valence-electron chi connectivity index (χ2n) is 0.831. The van der Waals surface area contributed by atoms with E-state index in [0.717, 1.165) is 22.8 Å². The van der Waals surface area contributed by atoms with Gasteiger partial charge in [0.2, 0.25) is 0 Å². The fourth-order valence-corrected chi connectivity index (χ4v) is 0.876. The summed E-state index contributed by atoms with van der Waals surface area (Å²) in [6.07, 6.45) is 0. The maximum absolute atomic E-state index is 10.3. The van der Waals surface area contributed by atoms with Crippen LogP contribution in [-0.4, -0.2) is 11.1 Å². The molecular formula is C3H6O2S3. The molecule has 8 heavy (non-hydrogen) atoms. The predicted octanol–water partition coefficient (Wildman–Crippen LogP) is 2.37. The van der Waals surface area contributed by atoms with Gasteiger partial charge in [0.05, 0.1) is 18.6 Å². The van der Waals surface area contributed by atoms with Gasteiger partial charge in [-0.25, -0.2) is 0 Å². The Morgan fingerprint density at radius 3 is 2.88 bits per heavy atom. The van der Waals surface area contributed by atoms with E-state index in [1.54, 1.807) is 0 Å². The molecule has 5 heteroatoms. The lowest BCUT2D eigenvalue weighted by atomic mass is 10.9. The first-order valence-electron chi connectivity index (χ1n) is 1.96. The summed E-state index contributed by atoms with van der Waals surface area (Å²) in [5.41, 5.74) is 0. The fraction of sp³-hybridized carbons (Fsp3) is 0.667. The Kier molecular flexibility index (Phi) is 6.30. The maximum atomic E-state index is 10.3. The highest BCUT2D eigenvalue weighted by Crippen LogP contribution is 2.19. The van der Waals surface area contributed by atoms with Gasteiger partial charge in [-0.15, -0.1) is 11.7 Å². The molecule has 0 aliphatic carbocycles.